The number of anilines is 1. The Bertz CT molecular complexity index is 452. The van der Waals surface area contributed by atoms with Crippen LogP contribution in [0.1, 0.15) is 33.6 Å². The summed E-state index contributed by atoms with van der Waals surface area (Å²) >= 11 is 12.3. The van der Waals surface area contributed by atoms with Gasteiger partial charge >= 0.3 is 0 Å². The molecule has 1 aromatic rings. The van der Waals surface area contributed by atoms with Crippen LogP contribution in [-0.4, -0.2) is 18.8 Å². The van der Waals surface area contributed by atoms with E-state index in [2.05, 4.69) is 19.2 Å². The number of rotatable bonds is 5. The number of nitrogens with one attached hydrogen (secondary N) is 1. The smallest absolute Gasteiger partial charge is 0.0823 e. The van der Waals surface area contributed by atoms with Crippen LogP contribution in [0.5, 0.6) is 0 Å². The maximum absolute atomic E-state index is 6.23. The Morgan fingerprint density at radius 1 is 1.37 bits per heavy atom. The van der Waals surface area contributed by atoms with Crippen molar-refractivity contribution in [3.8, 4) is 0 Å². The van der Waals surface area contributed by atoms with E-state index in [9.17, 15) is 0 Å². The van der Waals surface area contributed by atoms with E-state index < -0.39 is 0 Å². The van der Waals surface area contributed by atoms with E-state index in [1.165, 1.54) is 0 Å². The molecule has 0 saturated heterocycles. The molecular formula is C15H21Cl2NO. The molecule has 0 aliphatic heterocycles. The van der Waals surface area contributed by atoms with Crippen LogP contribution in [0.15, 0.2) is 18.2 Å². The normalized spacial score (nSPS) is 29.9. The molecule has 0 bridgehead atoms. The molecule has 1 N–H and O–H groups in total. The number of halogens is 2. The van der Waals surface area contributed by atoms with Crippen LogP contribution in [-0.2, 0) is 4.74 Å². The van der Waals surface area contributed by atoms with E-state index in [-0.39, 0.29) is 5.41 Å². The van der Waals surface area contributed by atoms with E-state index in [1.807, 2.05) is 19.1 Å². The molecule has 19 heavy (non-hydrogen) atoms. The van der Waals surface area contributed by atoms with Gasteiger partial charge in [0.1, 0.15) is 0 Å². The van der Waals surface area contributed by atoms with Gasteiger partial charge in [-0.2, -0.15) is 0 Å². The summed E-state index contributed by atoms with van der Waals surface area (Å²) in [5.74, 6) is 0. The lowest BCUT2D eigenvalue weighted by Gasteiger charge is -2.54. The second-order valence-corrected chi connectivity index (χ2v) is 6.12. The molecule has 3 unspecified atom stereocenters. The summed E-state index contributed by atoms with van der Waals surface area (Å²) in [6, 6.07) is 6.07. The van der Waals surface area contributed by atoms with Crippen LogP contribution >= 0.6 is 23.2 Å². The van der Waals surface area contributed by atoms with E-state index in [1.54, 1.807) is 6.07 Å². The molecule has 0 amide bonds. The first kappa shape index (κ1) is 15.0. The Morgan fingerprint density at radius 2 is 2.11 bits per heavy atom. The highest BCUT2D eigenvalue weighted by Gasteiger charge is 2.51. The SMILES string of the molecule is CCOC1CC(Nc2cccc(Cl)c2Cl)C1(C)CC. The van der Waals surface area contributed by atoms with Crippen molar-refractivity contribution in [2.24, 2.45) is 5.41 Å². The van der Waals surface area contributed by atoms with Gasteiger partial charge in [-0.1, -0.05) is 43.1 Å². The van der Waals surface area contributed by atoms with Crippen molar-refractivity contribution in [1.82, 2.24) is 0 Å². The highest BCUT2D eigenvalue weighted by Crippen LogP contribution is 2.48. The quantitative estimate of drug-likeness (QED) is 0.826. The van der Waals surface area contributed by atoms with Gasteiger partial charge in [0.2, 0.25) is 0 Å². The zero-order valence-electron chi connectivity index (χ0n) is 11.7. The molecule has 0 aromatic heterocycles. The van der Waals surface area contributed by atoms with Gasteiger partial charge in [-0.3, -0.25) is 0 Å². The second-order valence-electron chi connectivity index (χ2n) is 5.34. The van der Waals surface area contributed by atoms with Crippen molar-refractivity contribution >= 4 is 28.9 Å². The van der Waals surface area contributed by atoms with Crippen LogP contribution in [0.4, 0.5) is 5.69 Å². The summed E-state index contributed by atoms with van der Waals surface area (Å²) in [5, 5.41) is 4.71. The topological polar surface area (TPSA) is 21.3 Å². The Balaban J connectivity index is 2.10. The minimum Gasteiger partial charge on any atom is -0.380 e. The number of hydrogen-bond acceptors (Lipinski definition) is 2. The standard InChI is InChI=1S/C15H21Cl2NO/c1-4-15(3)12(9-13(15)19-5-2)18-11-8-6-7-10(16)14(11)17/h6-8,12-13,18H,4-5,9H2,1-3H3. The van der Waals surface area contributed by atoms with Crippen molar-refractivity contribution in [2.75, 3.05) is 11.9 Å². The molecule has 106 valence electrons. The Morgan fingerprint density at radius 3 is 2.74 bits per heavy atom. The number of benzene rings is 1. The highest BCUT2D eigenvalue weighted by molar-refractivity contribution is 6.43. The Kier molecular flexibility index (Phi) is 4.65. The van der Waals surface area contributed by atoms with Crippen molar-refractivity contribution in [3.05, 3.63) is 28.2 Å². The predicted octanol–water partition coefficient (Wildman–Crippen LogP) is 5.00. The Labute approximate surface area is 125 Å². The molecule has 3 atom stereocenters. The summed E-state index contributed by atoms with van der Waals surface area (Å²) in [6.07, 6.45) is 2.42. The van der Waals surface area contributed by atoms with Gasteiger partial charge in [-0.25, -0.2) is 0 Å². The fourth-order valence-electron chi connectivity index (χ4n) is 2.78. The van der Waals surface area contributed by atoms with Crippen LogP contribution in [0.3, 0.4) is 0 Å². The summed E-state index contributed by atoms with van der Waals surface area (Å²) in [4.78, 5) is 0. The summed E-state index contributed by atoms with van der Waals surface area (Å²) in [7, 11) is 0. The average Bonchev–Trinajstić information content (AvgIpc) is 2.41. The zero-order chi connectivity index (χ0) is 14.0. The maximum Gasteiger partial charge on any atom is 0.0823 e. The Hall–Kier alpha value is -0.440. The zero-order valence-corrected chi connectivity index (χ0v) is 13.2. The fraction of sp³-hybridized carbons (Fsp3) is 0.600. The minimum absolute atomic E-state index is 0.154. The van der Waals surface area contributed by atoms with Crippen molar-refractivity contribution in [2.45, 2.75) is 45.8 Å². The number of ether oxygens (including phenoxy) is 1. The van der Waals surface area contributed by atoms with Gasteiger partial charge in [-0.05, 0) is 31.9 Å². The van der Waals surface area contributed by atoms with E-state index in [0.29, 0.717) is 22.2 Å². The van der Waals surface area contributed by atoms with Crippen molar-refractivity contribution < 1.29 is 4.74 Å². The van der Waals surface area contributed by atoms with Crippen LogP contribution in [0, 0.1) is 5.41 Å². The van der Waals surface area contributed by atoms with E-state index in [0.717, 1.165) is 25.1 Å². The van der Waals surface area contributed by atoms with Gasteiger partial charge in [-0.15, -0.1) is 0 Å². The van der Waals surface area contributed by atoms with Gasteiger partial charge < -0.3 is 10.1 Å². The lowest BCUT2D eigenvalue weighted by atomic mass is 9.61. The fourth-order valence-corrected chi connectivity index (χ4v) is 3.13. The molecule has 0 radical (unpaired) electrons. The van der Waals surface area contributed by atoms with Crippen molar-refractivity contribution in [1.29, 1.82) is 0 Å². The molecule has 1 aliphatic carbocycles. The third-order valence-electron chi connectivity index (χ3n) is 4.39. The summed E-state index contributed by atoms with van der Waals surface area (Å²) < 4.78 is 5.81. The van der Waals surface area contributed by atoms with Gasteiger partial charge in [0.25, 0.3) is 0 Å². The molecule has 1 saturated carbocycles. The molecule has 1 fully saturated rings. The minimum atomic E-state index is 0.154. The van der Waals surface area contributed by atoms with Crippen LogP contribution in [0.2, 0.25) is 10.0 Å². The van der Waals surface area contributed by atoms with E-state index >= 15 is 0 Å². The summed E-state index contributed by atoms with van der Waals surface area (Å²) in [6.45, 7) is 7.29. The maximum atomic E-state index is 6.23. The monoisotopic (exact) mass is 301 g/mol. The molecular weight excluding hydrogens is 281 g/mol. The third-order valence-corrected chi connectivity index (χ3v) is 5.21. The largest absolute Gasteiger partial charge is 0.380 e. The van der Waals surface area contributed by atoms with Gasteiger partial charge in [0, 0.05) is 18.1 Å². The predicted molar refractivity (Wildman–Crippen MR) is 82.3 cm³/mol. The first-order valence-corrected chi connectivity index (χ1v) is 7.60. The average molecular weight is 302 g/mol. The molecule has 4 heteroatoms. The lowest BCUT2D eigenvalue weighted by molar-refractivity contribution is -0.109. The molecule has 2 nitrogen and oxygen atoms in total. The third kappa shape index (κ3) is 2.72. The van der Waals surface area contributed by atoms with Gasteiger partial charge in [0.15, 0.2) is 0 Å². The summed E-state index contributed by atoms with van der Waals surface area (Å²) in [5.41, 5.74) is 1.07. The molecule has 0 spiro atoms. The molecule has 1 aliphatic rings. The molecule has 0 heterocycles. The molecule has 2 rings (SSSR count). The molecule has 1 aromatic carbocycles. The van der Waals surface area contributed by atoms with Crippen LogP contribution < -0.4 is 5.32 Å². The highest BCUT2D eigenvalue weighted by atomic mass is 35.5. The van der Waals surface area contributed by atoms with Crippen molar-refractivity contribution in [3.63, 3.8) is 0 Å². The van der Waals surface area contributed by atoms with Gasteiger partial charge in [0.05, 0.1) is 21.8 Å². The second kappa shape index (κ2) is 5.90. The van der Waals surface area contributed by atoms with Crippen LogP contribution in [0.25, 0.3) is 0 Å². The first-order chi connectivity index (χ1) is 9.02. The number of hydrogen-bond donors (Lipinski definition) is 1. The first-order valence-electron chi connectivity index (χ1n) is 6.85. The lowest BCUT2D eigenvalue weighted by Crippen LogP contribution is -2.59. The van der Waals surface area contributed by atoms with E-state index in [4.69, 9.17) is 27.9 Å².